The zero-order chi connectivity index (χ0) is 52.6. The highest BCUT2D eigenvalue weighted by atomic mass is 32.1. The van der Waals surface area contributed by atoms with Crippen molar-refractivity contribution in [2.24, 2.45) is 0 Å². The molecule has 0 aliphatic carbocycles. The van der Waals surface area contributed by atoms with Gasteiger partial charge in [0.05, 0.1) is 45.4 Å². The van der Waals surface area contributed by atoms with Crippen LogP contribution in [-0.2, 0) is 44.8 Å². The summed E-state index contributed by atoms with van der Waals surface area (Å²) in [6, 6.07) is 0.410. The van der Waals surface area contributed by atoms with Gasteiger partial charge in [0.1, 0.15) is 29.0 Å². The van der Waals surface area contributed by atoms with E-state index in [0.717, 1.165) is 48.3 Å². The van der Waals surface area contributed by atoms with Gasteiger partial charge in [-0.2, -0.15) is 0 Å². The molecule has 0 saturated carbocycles. The number of aliphatic carboxylic acids is 2. The number of fused-ring (bicyclic) bond motifs is 1. The third-order valence-corrected chi connectivity index (χ3v) is 12.5. The number of aromatic hydroxyl groups is 2. The molecule has 388 valence electrons. The van der Waals surface area contributed by atoms with E-state index in [1.54, 1.807) is 0 Å². The van der Waals surface area contributed by atoms with E-state index < -0.39 is 128 Å². The standard InChI is InChI=1S/C44H65N9O16S/c1-6-7-8-9-10-11-28(54)19-44(69,42(66)67)39(62)46-14-12-33(57)45-15-13-43(68,41(64)65)40(63)50-25(3)38-52-29(23-70-38)37(61)48-20-34(58)49-24(2)36(60)47-21-35(59)51-27-16-26-17-31(55)32(56)18-30(26)53(4,5)22-27/h17-18,23-25,27-28,54,68-69H,6-16,19-22H2,1-5H3,(H10-,45,46,47,48,49,50,51,55,56,57,58,59,60,61,62,63,64,65,66,67)/p+1. The number of aliphatic hydroxyl groups excluding tert-OH is 1. The Morgan fingerprint density at radius 3 is 2.10 bits per heavy atom. The van der Waals surface area contributed by atoms with Crippen LogP contribution in [-0.4, -0.2) is 170 Å². The number of benzene rings is 1. The Bertz CT molecular complexity index is 2240. The van der Waals surface area contributed by atoms with Crippen molar-refractivity contribution in [2.75, 3.05) is 46.8 Å². The van der Waals surface area contributed by atoms with Crippen LogP contribution >= 0.6 is 11.3 Å². The van der Waals surface area contributed by atoms with Crippen molar-refractivity contribution >= 4 is 70.3 Å². The minimum atomic E-state index is -3.06. The monoisotopic (exact) mass is 1010 g/mol. The van der Waals surface area contributed by atoms with Gasteiger partial charge in [-0.1, -0.05) is 39.0 Å². The normalized spacial score (nSPS) is 16.8. The van der Waals surface area contributed by atoms with E-state index in [-0.39, 0.29) is 34.7 Å². The van der Waals surface area contributed by atoms with Gasteiger partial charge in [0.25, 0.3) is 17.7 Å². The Labute approximate surface area is 407 Å². The number of amides is 7. The largest absolute Gasteiger partial charge is 0.504 e. The second-order valence-electron chi connectivity index (χ2n) is 17.8. The van der Waals surface area contributed by atoms with E-state index in [1.165, 1.54) is 31.4 Å². The molecule has 2 aromatic rings. The van der Waals surface area contributed by atoms with Gasteiger partial charge >= 0.3 is 11.9 Å². The predicted octanol–water partition coefficient (Wildman–Crippen LogP) is -1.85. The number of likely N-dealkylation sites (N-methyl/N-ethyl adjacent to an activating group) is 1. The molecule has 1 aromatic heterocycles. The first-order valence-corrected chi connectivity index (χ1v) is 23.6. The Kier molecular flexibility index (Phi) is 21.4. The molecule has 14 N–H and O–H groups in total. The molecule has 6 unspecified atom stereocenters. The highest BCUT2D eigenvalue weighted by Crippen LogP contribution is 2.38. The number of carboxylic acid groups (broad SMARTS) is 2. The Hall–Kier alpha value is -6.48. The van der Waals surface area contributed by atoms with E-state index in [0.29, 0.717) is 23.9 Å². The van der Waals surface area contributed by atoms with Crippen LogP contribution in [0.2, 0.25) is 0 Å². The van der Waals surface area contributed by atoms with Crippen LogP contribution in [0.5, 0.6) is 11.5 Å². The first-order chi connectivity index (χ1) is 32.7. The number of hydrogen-bond donors (Lipinski definition) is 14. The zero-order valence-electron chi connectivity index (χ0n) is 39.8. The van der Waals surface area contributed by atoms with Crippen molar-refractivity contribution in [2.45, 2.75) is 120 Å². The van der Waals surface area contributed by atoms with Crippen molar-refractivity contribution in [3.05, 3.63) is 33.8 Å². The van der Waals surface area contributed by atoms with Gasteiger partial charge < -0.3 is 73.0 Å². The maximum absolute atomic E-state index is 13.0. The number of carbonyl (C=O) groups is 9. The summed E-state index contributed by atoms with van der Waals surface area (Å²) in [6.07, 6.45) is 1.46. The molecule has 1 aromatic carbocycles. The molecule has 0 spiro atoms. The van der Waals surface area contributed by atoms with Crippen molar-refractivity contribution in [1.82, 2.24) is 46.7 Å². The van der Waals surface area contributed by atoms with E-state index in [9.17, 15) is 78.9 Å². The minimum absolute atomic E-state index is 0.0998. The second-order valence-corrected chi connectivity index (χ2v) is 18.6. The number of unbranched alkanes of at least 4 members (excludes halogenated alkanes) is 4. The molecule has 26 heteroatoms. The number of thiazole rings is 1. The van der Waals surface area contributed by atoms with Crippen LogP contribution in [0.25, 0.3) is 0 Å². The first kappa shape index (κ1) is 57.8. The number of rotatable bonds is 28. The van der Waals surface area contributed by atoms with Gasteiger partial charge in [-0.05, 0) is 26.3 Å². The quantitative estimate of drug-likeness (QED) is 0.0192. The van der Waals surface area contributed by atoms with E-state index in [4.69, 9.17) is 0 Å². The Morgan fingerprint density at radius 1 is 0.800 bits per heavy atom. The molecule has 1 aliphatic rings. The molecule has 25 nitrogen and oxygen atoms in total. The van der Waals surface area contributed by atoms with Crippen LogP contribution in [0.1, 0.15) is 106 Å². The van der Waals surface area contributed by atoms with Gasteiger partial charge in [0.15, 0.2) is 11.5 Å². The smallest absolute Gasteiger partial charge is 0.345 e. The summed E-state index contributed by atoms with van der Waals surface area (Å²) in [5.41, 5.74) is -4.69. The highest BCUT2D eigenvalue weighted by Gasteiger charge is 2.46. The number of quaternary nitrogens is 1. The van der Waals surface area contributed by atoms with E-state index in [2.05, 4.69) is 42.2 Å². The number of aromatic nitrogens is 1. The Morgan fingerprint density at radius 2 is 1.44 bits per heavy atom. The lowest BCUT2D eigenvalue weighted by atomic mass is 9.92. The number of carboxylic acids is 2. The van der Waals surface area contributed by atoms with E-state index in [1.807, 2.05) is 21.0 Å². The average molecular weight is 1010 g/mol. The number of phenolic OH excluding ortho intramolecular Hbond substituents is 2. The van der Waals surface area contributed by atoms with Crippen molar-refractivity contribution < 1.29 is 78.9 Å². The summed E-state index contributed by atoms with van der Waals surface area (Å²) in [4.78, 5) is 117. The predicted molar refractivity (Wildman–Crippen MR) is 250 cm³/mol. The van der Waals surface area contributed by atoms with Crippen LogP contribution in [0.15, 0.2) is 17.5 Å². The molecule has 1 aliphatic heterocycles. The Balaban J connectivity index is 1.40. The summed E-state index contributed by atoms with van der Waals surface area (Å²) < 4.78 is 0.312. The van der Waals surface area contributed by atoms with Crippen LogP contribution in [0.3, 0.4) is 0 Å². The van der Waals surface area contributed by atoms with Crippen LogP contribution < -0.4 is 41.7 Å². The SMILES string of the molecule is CCCCCCCC(O)CC(O)(C(=O)O)C(=O)NCCC(=O)NCCC(O)(C(=O)O)C(=O)NC(C)c1nc(C(=O)NCC(=O)NC(C)C(=O)NCC(=O)NC2Cc3cc(O)c(O)cc3[N+](C)(C)C2)cs1. The van der Waals surface area contributed by atoms with Crippen LogP contribution in [0.4, 0.5) is 5.69 Å². The lowest BCUT2D eigenvalue weighted by Crippen LogP contribution is -2.57. The van der Waals surface area contributed by atoms with Gasteiger partial charge in [-0.15, -0.1) is 11.3 Å². The number of nitrogens with zero attached hydrogens (tertiary/aromatic N) is 2. The zero-order valence-corrected chi connectivity index (χ0v) is 40.6. The number of phenols is 2. The van der Waals surface area contributed by atoms with Gasteiger partial charge in [0, 0.05) is 55.8 Å². The number of carbonyl (C=O) groups excluding carboxylic acids is 7. The summed E-state index contributed by atoms with van der Waals surface area (Å²) in [7, 11) is 3.76. The molecule has 0 saturated heterocycles. The topological polar surface area (TPSA) is 392 Å². The third kappa shape index (κ3) is 16.6. The number of hydrogen-bond acceptors (Lipinski definition) is 16. The first-order valence-electron chi connectivity index (χ1n) is 22.7. The summed E-state index contributed by atoms with van der Waals surface area (Å²) in [5.74, 6) is -10.7. The molecule has 7 amide bonds. The van der Waals surface area contributed by atoms with Crippen molar-refractivity contribution in [3.8, 4) is 11.5 Å². The van der Waals surface area contributed by atoms with Gasteiger partial charge in [0.2, 0.25) is 34.8 Å². The van der Waals surface area contributed by atoms with Crippen molar-refractivity contribution in [1.29, 1.82) is 0 Å². The highest BCUT2D eigenvalue weighted by molar-refractivity contribution is 7.09. The molecule has 3 rings (SSSR count). The summed E-state index contributed by atoms with van der Waals surface area (Å²) in [5, 5.41) is 88.8. The van der Waals surface area contributed by atoms with Gasteiger partial charge in [-0.3, -0.25) is 38.0 Å². The molecule has 0 fully saturated rings. The molecule has 0 radical (unpaired) electrons. The molecule has 6 atom stereocenters. The molecule has 2 heterocycles. The van der Waals surface area contributed by atoms with Gasteiger partial charge in [-0.25, -0.2) is 14.6 Å². The van der Waals surface area contributed by atoms with Crippen molar-refractivity contribution in [3.63, 3.8) is 0 Å². The third-order valence-electron chi connectivity index (χ3n) is 11.5. The lowest BCUT2D eigenvalue weighted by molar-refractivity contribution is -0.170. The summed E-state index contributed by atoms with van der Waals surface area (Å²) >= 11 is 0.885. The average Bonchev–Trinajstić information content (AvgIpc) is 3.78. The molecule has 0 bridgehead atoms. The lowest BCUT2D eigenvalue weighted by Gasteiger charge is -2.39. The molecule has 70 heavy (non-hydrogen) atoms. The minimum Gasteiger partial charge on any atom is -0.504 e. The maximum Gasteiger partial charge on any atom is 0.345 e. The number of nitrogens with one attached hydrogen (secondary N) is 7. The fourth-order valence-corrected chi connectivity index (χ4v) is 8.32. The summed E-state index contributed by atoms with van der Waals surface area (Å²) in [6.45, 7) is 3.24. The van der Waals surface area contributed by atoms with Crippen LogP contribution in [0, 0.1) is 0 Å². The molecular weight excluding hydrogens is 943 g/mol. The molecular formula is C44H66N9O16S+. The fourth-order valence-electron chi connectivity index (χ4n) is 7.52. The van der Waals surface area contributed by atoms with E-state index >= 15 is 0 Å². The second kappa shape index (κ2) is 25.9. The number of aliphatic hydroxyl groups is 3. The fraction of sp³-hybridized carbons (Fsp3) is 0.591. The maximum atomic E-state index is 13.0.